The van der Waals surface area contributed by atoms with Gasteiger partial charge in [-0.25, -0.2) is 4.79 Å². The minimum Gasteiger partial charge on any atom is -0.454 e. The third-order valence-corrected chi connectivity index (χ3v) is 8.33. The van der Waals surface area contributed by atoms with E-state index < -0.39 is 36.3 Å². The molecule has 3 aromatic rings. The number of esters is 1. The second-order valence-electron chi connectivity index (χ2n) is 9.67. The number of halogens is 5. The average Bonchev–Trinajstić information content (AvgIpc) is 3.22. The lowest BCUT2D eigenvalue weighted by atomic mass is 10.0. The number of fused-ring (bicyclic) bond motifs is 1. The Balaban J connectivity index is 1.53. The molecule has 0 fully saturated rings. The Morgan fingerprint density at radius 1 is 0.833 bits per heavy atom. The Hall–Kier alpha value is -3.14. The fraction of sp³-hybridized carbons (Fsp3) is 0.207. The topological polar surface area (TPSA) is 110 Å². The summed E-state index contributed by atoms with van der Waals surface area (Å²) < 4.78 is 5.24. The van der Waals surface area contributed by atoms with Crippen molar-refractivity contribution in [2.45, 2.75) is 26.3 Å². The van der Waals surface area contributed by atoms with E-state index in [-0.39, 0.29) is 65.6 Å². The van der Waals surface area contributed by atoms with Gasteiger partial charge in [0.2, 0.25) is 0 Å². The normalized spacial score (nSPS) is 13.3. The van der Waals surface area contributed by atoms with Gasteiger partial charge < -0.3 is 10.1 Å². The van der Waals surface area contributed by atoms with Crippen molar-refractivity contribution in [3.63, 3.8) is 0 Å². The molecular weight excluding hydrogens is 650 g/mol. The van der Waals surface area contributed by atoms with Crippen LogP contribution in [0.2, 0.25) is 25.1 Å². The van der Waals surface area contributed by atoms with E-state index >= 15 is 0 Å². The lowest BCUT2D eigenvalue weighted by molar-refractivity contribution is -0.151. The smallest absolute Gasteiger partial charge is 0.329 e. The fourth-order valence-electron chi connectivity index (χ4n) is 4.38. The number of ether oxygens (including phenoxy) is 1. The Bertz CT molecular complexity index is 1580. The molecule has 0 saturated carbocycles. The quantitative estimate of drug-likeness (QED) is 0.0837. The summed E-state index contributed by atoms with van der Waals surface area (Å²) in [5.41, 5.74) is 0.0916. The number of rotatable bonds is 9. The molecule has 0 radical (unpaired) electrons. The van der Waals surface area contributed by atoms with Crippen LogP contribution in [0.15, 0.2) is 48.5 Å². The lowest BCUT2D eigenvalue weighted by Gasteiger charge is -2.26. The molecule has 3 aromatic carbocycles. The number of nitrogens with one attached hydrogen (secondary N) is 1. The first-order chi connectivity index (χ1) is 19.8. The summed E-state index contributed by atoms with van der Waals surface area (Å²) in [4.78, 5) is 66.4. The molecule has 1 atom stereocenters. The maximum Gasteiger partial charge on any atom is 0.329 e. The molecular formula is C29H21Cl5N2O6. The van der Waals surface area contributed by atoms with Crippen LogP contribution >= 0.6 is 58.0 Å². The van der Waals surface area contributed by atoms with Crippen LogP contribution in [0, 0.1) is 5.92 Å². The predicted molar refractivity (Wildman–Crippen MR) is 161 cm³/mol. The summed E-state index contributed by atoms with van der Waals surface area (Å²) in [6, 6.07) is 11.3. The van der Waals surface area contributed by atoms with Crippen LogP contribution in [0.4, 0.5) is 5.69 Å². The minimum atomic E-state index is -1.42. The molecule has 0 bridgehead atoms. The number of ketones is 1. The first-order valence-corrected chi connectivity index (χ1v) is 14.3. The van der Waals surface area contributed by atoms with Crippen molar-refractivity contribution in [3.8, 4) is 0 Å². The molecule has 1 unspecified atom stereocenters. The SMILES string of the molecule is CC(C)CC(C(=O)OCC(=O)Nc1ccc(Cl)cc1C(=O)c1ccccc1)N1C(=O)c2c(Cl)c(Cl)c(Cl)c(Cl)c2C1=O. The van der Waals surface area contributed by atoms with Crippen LogP contribution in [0.25, 0.3) is 0 Å². The van der Waals surface area contributed by atoms with Crippen LogP contribution < -0.4 is 5.32 Å². The van der Waals surface area contributed by atoms with Crippen LogP contribution in [-0.4, -0.2) is 47.0 Å². The zero-order valence-corrected chi connectivity index (χ0v) is 25.8. The van der Waals surface area contributed by atoms with Gasteiger partial charge in [-0.15, -0.1) is 0 Å². The third kappa shape index (κ3) is 6.28. The molecule has 0 aliphatic carbocycles. The highest BCUT2D eigenvalue weighted by atomic mass is 35.5. The van der Waals surface area contributed by atoms with Crippen molar-refractivity contribution in [3.05, 3.63) is 95.9 Å². The van der Waals surface area contributed by atoms with Gasteiger partial charge >= 0.3 is 5.97 Å². The standard InChI is InChI=1S/C29H21Cl5N2O6/c1-13(2)10-18(36-27(39)20-21(28(36)40)23(32)25(34)24(33)22(20)31)29(41)42-12-19(37)35-17-9-8-15(30)11-16(17)26(38)14-6-4-3-5-7-14/h3-9,11,13,18H,10,12H2,1-2H3,(H,35,37). The van der Waals surface area contributed by atoms with Gasteiger partial charge in [-0.2, -0.15) is 0 Å². The second kappa shape index (κ2) is 13.0. The summed E-state index contributed by atoms with van der Waals surface area (Å²) >= 11 is 30.7. The number of carbonyl (C=O) groups excluding carboxylic acids is 5. The van der Waals surface area contributed by atoms with Gasteiger partial charge in [0.05, 0.1) is 36.9 Å². The van der Waals surface area contributed by atoms with Gasteiger partial charge in [0.15, 0.2) is 12.4 Å². The highest BCUT2D eigenvalue weighted by Gasteiger charge is 2.47. The summed E-state index contributed by atoms with van der Waals surface area (Å²) in [5, 5.41) is 1.85. The van der Waals surface area contributed by atoms with Crippen LogP contribution in [0.1, 0.15) is 56.9 Å². The van der Waals surface area contributed by atoms with Crippen molar-refractivity contribution in [1.29, 1.82) is 0 Å². The molecule has 13 heteroatoms. The van der Waals surface area contributed by atoms with Crippen molar-refractivity contribution in [2.75, 3.05) is 11.9 Å². The van der Waals surface area contributed by atoms with Gasteiger partial charge in [-0.3, -0.25) is 24.1 Å². The third-order valence-electron chi connectivity index (χ3n) is 6.29. The summed E-state index contributed by atoms with van der Waals surface area (Å²) in [6.45, 7) is 2.76. The molecule has 0 spiro atoms. The number of nitrogens with zero attached hydrogens (tertiary/aromatic N) is 1. The summed E-state index contributed by atoms with van der Waals surface area (Å²) in [7, 11) is 0. The van der Waals surface area contributed by atoms with Crippen molar-refractivity contribution in [1.82, 2.24) is 4.90 Å². The van der Waals surface area contributed by atoms with Crippen LogP contribution in [0.5, 0.6) is 0 Å². The highest BCUT2D eigenvalue weighted by Crippen LogP contribution is 2.45. The van der Waals surface area contributed by atoms with Crippen molar-refractivity contribution in [2.24, 2.45) is 5.92 Å². The van der Waals surface area contributed by atoms with E-state index in [9.17, 15) is 24.0 Å². The first kappa shape index (κ1) is 31.8. The molecule has 4 rings (SSSR count). The van der Waals surface area contributed by atoms with E-state index in [1.165, 1.54) is 18.2 Å². The van der Waals surface area contributed by atoms with Crippen molar-refractivity contribution < 1.29 is 28.7 Å². The number of hydrogen-bond donors (Lipinski definition) is 1. The maximum atomic E-state index is 13.3. The van der Waals surface area contributed by atoms with E-state index in [0.717, 1.165) is 0 Å². The molecule has 1 N–H and O–H groups in total. The first-order valence-electron chi connectivity index (χ1n) is 12.4. The summed E-state index contributed by atoms with van der Waals surface area (Å²) in [5.74, 6) is -4.17. The maximum absolute atomic E-state index is 13.3. The van der Waals surface area contributed by atoms with Gasteiger partial charge in [0.25, 0.3) is 17.7 Å². The van der Waals surface area contributed by atoms with Gasteiger partial charge in [-0.05, 0) is 30.5 Å². The minimum absolute atomic E-state index is 0.00946. The van der Waals surface area contributed by atoms with Crippen LogP contribution in [0.3, 0.4) is 0 Å². The van der Waals surface area contributed by atoms with E-state index in [1.54, 1.807) is 44.2 Å². The Morgan fingerprint density at radius 2 is 1.40 bits per heavy atom. The average molecular weight is 671 g/mol. The molecule has 0 aromatic heterocycles. The highest BCUT2D eigenvalue weighted by molar-refractivity contribution is 6.55. The molecule has 0 saturated heterocycles. The van der Waals surface area contributed by atoms with Gasteiger partial charge in [0.1, 0.15) is 6.04 Å². The number of carbonyl (C=O) groups is 5. The number of hydrogen-bond acceptors (Lipinski definition) is 6. The monoisotopic (exact) mass is 668 g/mol. The second-order valence-corrected chi connectivity index (χ2v) is 11.6. The fourth-order valence-corrected chi connectivity index (χ4v) is 5.57. The summed E-state index contributed by atoms with van der Waals surface area (Å²) in [6.07, 6.45) is 0.00946. The zero-order valence-electron chi connectivity index (χ0n) is 22.0. The molecule has 1 aliphatic rings. The number of imide groups is 1. The molecule has 218 valence electrons. The molecule has 42 heavy (non-hydrogen) atoms. The molecule has 1 aliphatic heterocycles. The van der Waals surface area contributed by atoms with E-state index in [0.29, 0.717) is 10.5 Å². The molecule has 1 heterocycles. The Kier molecular flexibility index (Phi) is 9.85. The van der Waals surface area contributed by atoms with Crippen LogP contribution in [-0.2, 0) is 14.3 Å². The number of benzene rings is 3. The van der Waals surface area contributed by atoms with Gasteiger partial charge in [-0.1, -0.05) is 102 Å². The predicted octanol–water partition coefficient (Wildman–Crippen LogP) is 7.38. The van der Waals surface area contributed by atoms with Gasteiger partial charge in [0, 0.05) is 16.1 Å². The largest absolute Gasteiger partial charge is 0.454 e. The van der Waals surface area contributed by atoms with E-state index in [4.69, 9.17) is 62.7 Å². The van der Waals surface area contributed by atoms with E-state index in [2.05, 4.69) is 5.32 Å². The number of amides is 3. The Morgan fingerprint density at radius 3 is 1.95 bits per heavy atom. The Labute approximate surface area is 265 Å². The van der Waals surface area contributed by atoms with Crippen molar-refractivity contribution >= 4 is 93.2 Å². The van der Waals surface area contributed by atoms with E-state index in [1.807, 2.05) is 0 Å². The zero-order chi connectivity index (χ0) is 30.9. The molecule has 3 amide bonds. The lowest BCUT2D eigenvalue weighted by Crippen LogP contribution is -2.47. The number of anilines is 1. The molecule has 8 nitrogen and oxygen atoms in total.